The first-order valence-electron chi connectivity index (χ1n) is 4.46. The Morgan fingerprint density at radius 2 is 0.857 bits per heavy atom. The Kier molecular flexibility index (Phi) is 4.66. The van der Waals surface area contributed by atoms with Crippen molar-refractivity contribution in [3.63, 3.8) is 0 Å². The van der Waals surface area contributed by atoms with E-state index < -0.39 is 48.4 Å². The van der Waals surface area contributed by atoms with Crippen LogP contribution in [-0.2, 0) is 0 Å². The molecule has 0 saturated heterocycles. The van der Waals surface area contributed by atoms with Crippen molar-refractivity contribution in [3.05, 3.63) is 11.4 Å². The van der Waals surface area contributed by atoms with E-state index in [1.54, 1.807) is 0 Å². The second-order valence-electron chi connectivity index (χ2n) is 3.67. The molecule has 13 heteroatoms. The summed E-state index contributed by atoms with van der Waals surface area (Å²) in [6.07, 6.45) is -21.0. The van der Waals surface area contributed by atoms with Crippen molar-refractivity contribution in [3.8, 4) is 0 Å². The number of rotatable bonds is 2. The van der Waals surface area contributed by atoms with Crippen LogP contribution in [0.3, 0.4) is 0 Å². The van der Waals surface area contributed by atoms with Crippen LogP contribution in [0.4, 0.5) is 57.1 Å². The van der Waals surface area contributed by atoms with Gasteiger partial charge in [0, 0.05) is 5.57 Å². The molecule has 0 spiro atoms. The molecule has 0 saturated carbocycles. The lowest BCUT2D eigenvalue weighted by atomic mass is 9.96. The Labute approximate surface area is 107 Å². The summed E-state index contributed by atoms with van der Waals surface area (Å²) in [4.78, 5) is 0. The zero-order valence-electron chi connectivity index (χ0n) is 9.41. The molecule has 0 heterocycles. The van der Waals surface area contributed by atoms with Crippen LogP contribution in [0.2, 0.25) is 0 Å². The Morgan fingerprint density at radius 1 is 0.571 bits per heavy atom. The van der Waals surface area contributed by atoms with Gasteiger partial charge in [0.25, 0.3) is 0 Å². The van der Waals surface area contributed by atoms with Crippen LogP contribution in [0.5, 0.6) is 0 Å². The van der Waals surface area contributed by atoms with Crippen LogP contribution in [-0.4, -0.2) is 30.1 Å². The van der Waals surface area contributed by atoms with E-state index in [9.17, 15) is 57.1 Å². The highest BCUT2D eigenvalue weighted by Gasteiger charge is 2.77. The number of allylic oxidation sites excluding steroid dienone is 2. The third-order valence-electron chi connectivity index (χ3n) is 2.24. The first-order valence-corrected chi connectivity index (χ1v) is 4.46. The van der Waals surface area contributed by atoms with E-state index >= 15 is 0 Å². The molecule has 126 valence electrons. The Balaban J connectivity index is 6.41. The maximum atomic E-state index is 13.0. The van der Waals surface area contributed by atoms with Gasteiger partial charge in [-0.25, -0.2) is 8.78 Å². The van der Waals surface area contributed by atoms with Crippen molar-refractivity contribution >= 4 is 0 Å². The first kappa shape index (κ1) is 19.8. The summed E-state index contributed by atoms with van der Waals surface area (Å²) in [6.45, 7) is -0.728. The zero-order valence-corrected chi connectivity index (χ0v) is 9.41. The average molecular weight is 346 g/mol. The fraction of sp³-hybridized carbons (Fsp3) is 0.750. The lowest BCUT2D eigenvalue weighted by Crippen LogP contribution is -2.55. The van der Waals surface area contributed by atoms with Gasteiger partial charge in [0.15, 0.2) is 5.83 Å². The van der Waals surface area contributed by atoms with Gasteiger partial charge in [0.2, 0.25) is 0 Å². The molecule has 0 nitrogen and oxygen atoms in total. The molecule has 0 unspecified atom stereocenters. The summed E-state index contributed by atoms with van der Waals surface area (Å²) in [7, 11) is 0. The molecule has 0 aromatic rings. The number of alkyl halides is 12. The molecule has 0 bridgehead atoms. The van der Waals surface area contributed by atoms with Crippen molar-refractivity contribution < 1.29 is 57.1 Å². The molecule has 0 aromatic heterocycles. The van der Waals surface area contributed by atoms with Gasteiger partial charge in [0.1, 0.15) is 0 Å². The van der Waals surface area contributed by atoms with Crippen molar-refractivity contribution in [2.24, 2.45) is 0 Å². The SMILES string of the molecule is C/C(=C(\F)C(F)(C(F)(F)F)C(F)(F)F)C(F)(F)C(F)(F)F. The van der Waals surface area contributed by atoms with Crippen LogP contribution < -0.4 is 0 Å². The molecular weight excluding hydrogens is 343 g/mol. The predicted octanol–water partition coefficient (Wildman–Crippen LogP) is 5.26. The average Bonchev–Trinajstić information content (AvgIpc) is 2.20. The first-order chi connectivity index (χ1) is 8.82. The molecule has 0 fully saturated rings. The molecular formula is C8H3F13. The second-order valence-corrected chi connectivity index (χ2v) is 3.67. The minimum absolute atomic E-state index is 0.728. The maximum Gasteiger partial charge on any atom is 0.457 e. The van der Waals surface area contributed by atoms with Gasteiger partial charge < -0.3 is 0 Å². The third-order valence-corrected chi connectivity index (χ3v) is 2.24. The fourth-order valence-electron chi connectivity index (χ4n) is 1.02. The van der Waals surface area contributed by atoms with Gasteiger partial charge in [-0.1, -0.05) is 0 Å². The molecule has 0 rings (SSSR count). The van der Waals surface area contributed by atoms with Crippen LogP contribution in [0, 0.1) is 0 Å². The van der Waals surface area contributed by atoms with Crippen LogP contribution >= 0.6 is 0 Å². The second kappa shape index (κ2) is 4.93. The van der Waals surface area contributed by atoms with Crippen molar-refractivity contribution in [1.82, 2.24) is 0 Å². The van der Waals surface area contributed by atoms with E-state index in [0.717, 1.165) is 0 Å². The fourth-order valence-corrected chi connectivity index (χ4v) is 1.02. The van der Waals surface area contributed by atoms with Crippen molar-refractivity contribution in [1.29, 1.82) is 0 Å². The minimum Gasteiger partial charge on any atom is -0.215 e. The quantitative estimate of drug-likeness (QED) is 0.599. The van der Waals surface area contributed by atoms with Gasteiger partial charge >= 0.3 is 30.1 Å². The Hall–Kier alpha value is -1.17. The number of hydrogen-bond acceptors (Lipinski definition) is 0. The predicted molar refractivity (Wildman–Crippen MR) is 40.8 cm³/mol. The van der Waals surface area contributed by atoms with E-state index in [4.69, 9.17) is 0 Å². The van der Waals surface area contributed by atoms with E-state index in [-0.39, 0.29) is 0 Å². The molecule has 0 aliphatic carbocycles. The smallest absolute Gasteiger partial charge is 0.215 e. The Morgan fingerprint density at radius 3 is 1.05 bits per heavy atom. The van der Waals surface area contributed by atoms with Gasteiger partial charge in [0.05, 0.1) is 0 Å². The van der Waals surface area contributed by atoms with E-state index in [1.165, 1.54) is 0 Å². The highest BCUT2D eigenvalue weighted by atomic mass is 19.4. The summed E-state index contributed by atoms with van der Waals surface area (Å²) in [5, 5.41) is 0. The van der Waals surface area contributed by atoms with E-state index in [2.05, 4.69) is 0 Å². The zero-order chi connectivity index (χ0) is 17.7. The van der Waals surface area contributed by atoms with Gasteiger partial charge in [-0.15, -0.1) is 0 Å². The molecule has 0 aromatic carbocycles. The summed E-state index contributed by atoms with van der Waals surface area (Å²) < 4.78 is 158. The topological polar surface area (TPSA) is 0 Å². The van der Waals surface area contributed by atoms with Crippen molar-refractivity contribution in [2.45, 2.75) is 37.0 Å². The highest BCUT2D eigenvalue weighted by molar-refractivity contribution is 5.28. The van der Waals surface area contributed by atoms with Crippen LogP contribution in [0.25, 0.3) is 0 Å². The monoisotopic (exact) mass is 346 g/mol. The molecule has 21 heavy (non-hydrogen) atoms. The largest absolute Gasteiger partial charge is 0.457 e. The van der Waals surface area contributed by atoms with Gasteiger partial charge in [-0.3, -0.25) is 0 Å². The molecule has 0 radical (unpaired) electrons. The van der Waals surface area contributed by atoms with Crippen LogP contribution in [0.1, 0.15) is 6.92 Å². The number of halogens is 13. The molecule has 0 amide bonds. The third kappa shape index (κ3) is 3.05. The minimum atomic E-state index is -7.14. The van der Waals surface area contributed by atoms with Crippen molar-refractivity contribution in [2.75, 3.05) is 0 Å². The summed E-state index contributed by atoms with van der Waals surface area (Å²) in [5.74, 6) is -10.7. The lowest BCUT2D eigenvalue weighted by molar-refractivity contribution is -0.333. The maximum absolute atomic E-state index is 13.0. The molecule has 0 aliphatic rings. The normalized spacial score (nSPS) is 16.9. The van der Waals surface area contributed by atoms with Crippen LogP contribution in [0.15, 0.2) is 11.4 Å². The summed E-state index contributed by atoms with van der Waals surface area (Å²) in [6, 6.07) is 0. The van der Waals surface area contributed by atoms with Gasteiger partial charge in [-0.2, -0.15) is 48.3 Å². The Bertz CT molecular complexity index is 403. The standard InChI is InChI=1S/C8H3F13/c1-2(5(11,12)8(19,20)21)3(9)4(10,6(13,14)15)7(16,17)18/h1H3/b3-2+. The molecule has 0 N–H and O–H groups in total. The van der Waals surface area contributed by atoms with E-state index in [1.807, 2.05) is 0 Å². The van der Waals surface area contributed by atoms with E-state index in [0.29, 0.717) is 0 Å². The summed E-state index contributed by atoms with van der Waals surface area (Å²) >= 11 is 0. The number of hydrogen-bond donors (Lipinski definition) is 0. The molecule has 0 aliphatic heterocycles. The lowest BCUT2D eigenvalue weighted by Gasteiger charge is -2.31. The van der Waals surface area contributed by atoms with Gasteiger partial charge in [-0.05, 0) is 6.92 Å². The molecule has 0 atom stereocenters. The highest BCUT2D eigenvalue weighted by Crippen LogP contribution is 2.54. The summed E-state index contributed by atoms with van der Waals surface area (Å²) in [5.41, 5.74) is -10.4.